The first kappa shape index (κ1) is 19.2. The Labute approximate surface area is 172 Å². The van der Waals surface area contributed by atoms with Crippen molar-refractivity contribution in [1.29, 1.82) is 0 Å². The molecule has 148 valence electrons. The maximum absolute atomic E-state index is 13.4. The van der Waals surface area contributed by atoms with Crippen molar-refractivity contribution in [2.45, 2.75) is 16.3 Å². The number of nitrogens with one attached hydrogen (secondary N) is 2. The SMILES string of the molecule is Cn1ccnc1CNC(=O)c1[nH]c2ccc(Cl)cc2c1S(=O)(=O)c1ccccc1. The maximum Gasteiger partial charge on any atom is 0.269 e. The van der Waals surface area contributed by atoms with Crippen LogP contribution in [0.15, 0.2) is 70.7 Å². The fourth-order valence-electron chi connectivity index (χ4n) is 3.11. The highest BCUT2D eigenvalue weighted by molar-refractivity contribution is 7.91. The summed E-state index contributed by atoms with van der Waals surface area (Å²) in [6, 6.07) is 12.8. The van der Waals surface area contributed by atoms with Crippen LogP contribution in [0.2, 0.25) is 5.02 Å². The lowest BCUT2D eigenvalue weighted by Crippen LogP contribution is -2.26. The number of carbonyl (C=O) groups is 1. The van der Waals surface area contributed by atoms with Gasteiger partial charge in [0.15, 0.2) is 0 Å². The Balaban J connectivity index is 1.83. The van der Waals surface area contributed by atoms with Crippen LogP contribution < -0.4 is 5.32 Å². The van der Waals surface area contributed by atoms with E-state index in [0.717, 1.165) is 0 Å². The molecule has 0 spiro atoms. The minimum atomic E-state index is -3.97. The van der Waals surface area contributed by atoms with Crippen LogP contribution in [0.4, 0.5) is 0 Å². The minimum absolute atomic E-state index is 0.0414. The van der Waals surface area contributed by atoms with Crippen LogP contribution in [-0.4, -0.2) is 28.9 Å². The van der Waals surface area contributed by atoms with Gasteiger partial charge in [-0.25, -0.2) is 13.4 Å². The van der Waals surface area contributed by atoms with Gasteiger partial charge in [-0.1, -0.05) is 29.8 Å². The molecule has 0 aliphatic heterocycles. The molecular formula is C20H17ClN4O3S. The summed E-state index contributed by atoms with van der Waals surface area (Å²) in [6.45, 7) is 0.156. The lowest BCUT2D eigenvalue weighted by molar-refractivity contribution is 0.0942. The average Bonchev–Trinajstić information content (AvgIpc) is 3.30. The molecule has 0 aliphatic carbocycles. The number of H-pyrrole nitrogens is 1. The molecule has 4 rings (SSSR count). The minimum Gasteiger partial charge on any atom is -0.349 e. The van der Waals surface area contributed by atoms with Gasteiger partial charge in [0.25, 0.3) is 5.91 Å². The number of aromatic amines is 1. The van der Waals surface area contributed by atoms with Gasteiger partial charge < -0.3 is 14.9 Å². The summed E-state index contributed by atoms with van der Waals surface area (Å²) in [6.07, 6.45) is 3.38. The third-order valence-electron chi connectivity index (χ3n) is 4.59. The summed E-state index contributed by atoms with van der Waals surface area (Å²) < 4.78 is 28.5. The summed E-state index contributed by atoms with van der Waals surface area (Å²) in [5.74, 6) is 0.0970. The van der Waals surface area contributed by atoms with Gasteiger partial charge in [0.1, 0.15) is 16.4 Å². The zero-order valence-corrected chi connectivity index (χ0v) is 17.0. The second-order valence-corrected chi connectivity index (χ2v) is 8.80. The Bertz CT molecular complexity index is 1310. The number of carbonyl (C=O) groups excluding carboxylic acids is 1. The molecule has 0 bridgehead atoms. The Morgan fingerprint density at radius 3 is 2.66 bits per heavy atom. The van der Waals surface area contributed by atoms with Gasteiger partial charge in [-0.3, -0.25) is 4.79 Å². The molecule has 0 radical (unpaired) electrons. The molecule has 9 heteroatoms. The Hall–Kier alpha value is -3.10. The van der Waals surface area contributed by atoms with Gasteiger partial charge in [-0.05, 0) is 30.3 Å². The topological polar surface area (TPSA) is 96.8 Å². The number of halogens is 1. The molecule has 29 heavy (non-hydrogen) atoms. The number of rotatable bonds is 5. The zero-order valence-electron chi connectivity index (χ0n) is 15.4. The molecule has 0 aliphatic rings. The van der Waals surface area contributed by atoms with Crippen LogP contribution in [0.3, 0.4) is 0 Å². The third-order valence-corrected chi connectivity index (χ3v) is 6.68. The largest absolute Gasteiger partial charge is 0.349 e. The van der Waals surface area contributed by atoms with Crippen LogP contribution >= 0.6 is 11.6 Å². The summed E-state index contributed by atoms with van der Waals surface area (Å²) in [5.41, 5.74) is 0.464. The van der Waals surface area contributed by atoms with Crippen molar-refractivity contribution in [3.8, 4) is 0 Å². The molecule has 0 saturated carbocycles. The number of amides is 1. The lowest BCUT2D eigenvalue weighted by atomic mass is 10.2. The standard InChI is InChI=1S/C20H17ClN4O3S/c1-25-10-9-22-17(25)12-23-20(26)18-19(15-11-13(21)7-8-16(15)24-18)29(27,28)14-5-3-2-4-6-14/h2-11,24H,12H2,1H3,(H,23,26). The highest BCUT2D eigenvalue weighted by atomic mass is 35.5. The number of fused-ring (bicyclic) bond motifs is 1. The van der Waals surface area contributed by atoms with Gasteiger partial charge >= 0.3 is 0 Å². The predicted octanol–water partition coefficient (Wildman–Crippen LogP) is 3.32. The van der Waals surface area contributed by atoms with Gasteiger partial charge in [-0.15, -0.1) is 0 Å². The van der Waals surface area contributed by atoms with E-state index in [2.05, 4.69) is 15.3 Å². The Kier molecular flexibility index (Phi) is 4.89. The smallest absolute Gasteiger partial charge is 0.269 e. The van der Waals surface area contributed by atoms with Gasteiger partial charge in [0.05, 0.1) is 11.4 Å². The number of aromatic nitrogens is 3. The van der Waals surface area contributed by atoms with Crippen LogP contribution in [0.5, 0.6) is 0 Å². The van der Waals surface area contributed by atoms with E-state index in [1.54, 1.807) is 53.4 Å². The number of aryl methyl sites for hydroxylation is 1. The third kappa shape index (κ3) is 3.52. The van der Waals surface area contributed by atoms with E-state index in [1.165, 1.54) is 12.1 Å². The highest BCUT2D eigenvalue weighted by Crippen LogP contribution is 2.33. The summed E-state index contributed by atoms with van der Waals surface area (Å²) in [4.78, 5) is 20.0. The van der Waals surface area contributed by atoms with Crippen LogP contribution in [0.25, 0.3) is 10.9 Å². The van der Waals surface area contributed by atoms with Gasteiger partial charge in [-0.2, -0.15) is 0 Å². The van der Waals surface area contributed by atoms with Crippen molar-refractivity contribution >= 4 is 38.2 Å². The van der Waals surface area contributed by atoms with Crippen molar-refractivity contribution < 1.29 is 13.2 Å². The lowest BCUT2D eigenvalue weighted by Gasteiger charge is -2.08. The van der Waals surface area contributed by atoms with Crippen LogP contribution in [-0.2, 0) is 23.4 Å². The quantitative estimate of drug-likeness (QED) is 0.509. The zero-order chi connectivity index (χ0) is 20.6. The van der Waals surface area contributed by atoms with E-state index in [4.69, 9.17) is 11.6 Å². The number of nitrogens with zero attached hydrogens (tertiary/aromatic N) is 2. The first-order chi connectivity index (χ1) is 13.9. The monoisotopic (exact) mass is 428 g/mol. The van der Waals surface area contributed by atoms with E-state index in [-0.39, 0.29) is 22.0 Å². The van der Waals surface area contributed by atoms with E-state index in [1.807, 2.05) is 7.05 Å². The molecule has 0 saturated heterocycles. The summed E-state index contributed by atoms with van der Waals surface area (Å²) in [5, 5.41) is 3.47. The van der Waals surface area contributed by atoms with E-state index >= 15 is 0 Å². The molecule has 0 atom stereocenters. The van der Waals surface area contributed by atoms with Crippen molar-refractivity contribution in [1.82, 2.24) is 19.9 Å². The first-order valence-electron chi connectivity index (χ1n) is 8.73. The highest BCUT2D eigenvalue weighted by Gasteiger charge is 2.29. The first-order valence-corrected chi connectivity index (χ1v) is 10.6. The predicted molar refractivity (Wildman–Crippen MR) is 110 cm³/mol. The molecule has 2 N–H and O–H groups in total. The van der Waals surface area contributed by atoms with E-state index in [0.29, 0.717) is 21.7 Å². The molecule has 1 amide bonds. The number of benzene rings is 2. The Morgan fingerprint density at radius 2 is 1.97 bits per heavy atom. The number of hydrogen-bond donors (Lipinski definition) is 2. The van der Waals surface area contributed by atoms with Crippen molar-refractivity contribution in [2.75, 3.05) is 0 Å². The van der Waals surface area contributed by atoms with Crippen molar-refractivity contribution in [3.05, 3.63) is 77.5 Å². The molecule has 0 fully saturated rings. The van der Waals surface area contributed by atoms with Gasteiger partial charge in [0, 0.05) is 35.4 Å². The Morgan fingerprint density at radius 1 is 1.21 bits per heavy atom. The molecule has 0 unspecified atom stereocenters. The number of hydrogen-bond acceptors (Lipinski definition) is 4. The fourth-order valence-corrected chi connectivity index (χ4v) is 4.90. The van der Waals surface area contributed by atoms with Crippen LogP contribution in [0.1, 0.15) is 16.3 Å². The second-order valence-electron chi connectivity index (χ2n) is 6.47. The van der Waals surface area contributed by atoms with Crippen LogP contribution in [0, 0.1) is 0 Å². The second kappa shape index (κ2) is 7.38. The fraction of sp³-hybridized carbons (Fsp3) is 0.100. The molecule has 2 aromatic carbocycles. The molecule has 4 aromatic rings. The summed E-state index contributed by atoms with van der Waals surface area (Å²) in [7, 11) is -2.16. The number of imidazole rings is 1. The van der Waals surface area contributed by atoms with Gasteiger partial charge in [0.2, 0.25) is 9.84 Å². The van der Waals surface area contributed by atoms with E-state index < -0.39 is 15.7 Å². The maximum atomic E-state index is 13.4. The average molecular weight is 429 g/mol. The molecular weight excluding hydrogens is 412 g/mol. The molecule has 2 heterocycles. The van der Waals surface area contributed by atoms with Crippen molar-refractivity contribution in [3.63, 3.8) is 0 Å². The normalized spacial score (nSPS) is 11.7. The van der Waals surface area contributed by atoms with E-state index in [9.17, 15) is 13.2 Å². The molecule has 2 aromatic heterocycles. The van der Waals surface area contributed by atoms with Crippen molar-refractivity contribution in [2.24, 2.45) is 7.05 Å². The number of sulfone groups is 1. The molecule has 7 nitrogen and oxygen atoms in total. The summed E-state index contributed by atoms with van der Waals surface area (Å²) >= 11 is 6.10.